The minimum atomic E-state index is -0.876. The molecule has 1 aliphatic carbocycles. The Morgan fingerprint density at radius 1 is 1.29 bits per heavy atom. The monoisotopic (exact) mass is 286 g/mol. The maximum Gasteiger partial charge on any atom is 0.335 e. The fourth-order valence-corrected chi connectivity index (χ4v) is 3.37. The molecule has 4 nitrogen and oxygen atoms in total. The average Bonchev–Trinajstić information content (AvgIpc) is 2.86. The zero-order valence-corrected chi connectivity index (χ0v) is 12.7. The van der Waals surface area contributed by atoms with Crippen molar-refractivity contribution < 1.29 is 9.90 Å². The van der Waals surface area contributed by atoms with Crippen LogP contribution in [0.1, 0.15) is 74.1 Å². The van der Waals surface area contributed by atoms with Crippen molar-refractivity contribution in [1.82, 2.24) is 9.55 Å². The molecular formula is C17H22N2O2. The molecule has 1 aromatic carbocycles. The first-order chi connectivity index (χ1) is 10.1. The van der Waals surface area contributed by atoms with E-state index in [-0.39, 0.29) is 0 Å². The smallest absolute Gasteiger partial charge is 0.335 e. The van der Waals surface area contributed by atoms with Crippen LogP contribution in [0, 0.1) is 0 Å². The van der Waals surface area contributed by atoms with Crippen LogP contribution < -0.4 is 0 Å². The summed E-state index contributed by atoms with van der Waals surface area (Å²) < 4.78 is 2.31. The van der Waals surface area contributed by atoms with Crippen molar-refractivity contribution in [2.24, 2.45) is 0 Å². The third-order valence-corrected chi connectivity index (χ3v) is 4.42. The quantitative estimate of drug-likeness (QED) is 0.911. The van der Waals surface area contributed by atoms with Crippen molar-refractivity contribution in [3.8, 4) is 0 Å². The number of aromatic carboxylic acids is 1. The maximum absolute atomic E-state index is 11.2. The molecule has 0 radical (unpaired) electrons. The normalized spacial score (nSPS) is 16.7. The minimum absolute atomic E-state index is 0.340. The van der Waals surface area contributed by atoms with Crippen LogP contribution in [-0.4, -0.2) is 20.6 Å². The molecule has 0 unspecified atom stereocenters. The number of imidazole rings is 1. The molecule has 0 atom stereocenters. The van der Waals surface area contributed by atoms with E-state index in [2.05, 4.69) is 18.4 Å². The van der Waals surface area contributed by atoms with Gasteiger partial charge in [0, 0.05) is 12.0 Å². The number of hydrogen-bond acceptors (Lipinski definition) is 2. The lowest BCUT2D eigenvalue weighted by Gasteiger charge is -2.26. The Morgan fingerprint density at radius 3 is 2.62 bits per heavy atom. The van der Waals surface area contributed by atoms with Gasteiger partial charge in [0.1, 0.15) is 5.82 Å². The molecule has 112 valence electrons. The molecule has 1 heterocycles. The standard InChI is InChI=1S/C17H22N2O2/c1-11(2)16-18-14-9-8-12(17(20)21)10-15(14)19(16)13-6-4-3-5-7-13/h8-11,13H,3-7H2,1-2H3,(H,20,21). The van der Waals surface area contributed by atoms with Crippen LogP contribution in [-0.2, 0) is 0 Å². The van der Waals surface area contributed by atoms with Crippen molar-refractivity contribution in [2.45, 2.75) is 57.9 Å². The number of fused-ring (bicyclic) bond motifs is 1. The molecule has 2 aromatic rings. The van der Waals surface area contributed by atoms with E-state index in [1.807, 2.05) is 6.07 Å². The fraction of sp³-hybridized carbons (Fsp3) is 0.529. The second kappa shape index (κ2) is 5.51. The first-order valence-corrected chi connectivity index (χ1v) is 7.83. The van der Waals surface area contributed by atoms with E-state index < -0.39 is 5.97 Å². The number of hydrogen-bond donors (Lipinski definition) is 1. The van der Waals surface area contributed by atoms with E-state index in [0.29, 0.717) is 17.5 Å². The van der Waals surface area contributed by atoms with Gasteiger partial charge in [0.05, 0.1) is 16.6 Å². The van der Waals surface area contributed by atoms with Crippen LogP contribution in [0.25, 0.3) is 11.0 Å². The van der Waals surface area contributed by atoms with E-state index in [4.69, 9.17) is 4.98 Å². The highest BCUT2D eigenvalue weighted by Gasteiger charge is 2.23. The van der Waals surface area contributed by atoms with Gasteiger partial charge in [-0.2, -0.15) is 0 Å². The molecule has 21 heavy (non-hydrogen) atoms. The van der Waals surface area contributed by atoms with Gasteiger partial charge < -0.3 is 9.67 Å². The SMILES string of the molecule is CC(C)c1nc2ccc(C(=O)O)cc2n1C1CCCCC1. The zero-order valence-electron chi connectivity index (χ0n) is 12.7. The summed E-state index contributed by atoms with van der Waals surface area (Å²) in [5.41, 5.74) is 2.23. The Morgan fingerprint density at radius 2 is 2.00 bits per heavy atom. The van der Waals surface area contributed by atoms with Gasteiger partial charge in [-0.05, 0) is 31.0 Å². The molecule has 4 heteroatoms. The van der Waals surface area contributed by atoms with E-state index in [1.165, 1.54) is 32.1 Å². The highest BCUT2D eigenvalue weighted by Crippen LogP contribution is 2.34. The topological polar surface area (TPSA) is 55.1 Å². The van der Waals surface area contributed by atoms with E-state index in [9.17, 15) is 9.90 Å². The summed E-state index contributed by atoms with van der Waals surface area (Å²) in [4.78, 5) is 16.0. The van der Waals surface area contributed by atoms with Crippen molar-refractivity contribution in [1.29, 1.82) is 0 Å². The summed E-state index contributed by atoms with van der Waals surface area (Å²) in [6, 6.07) is 5.73. The number of aromatic nitrogens is 2. The summed E-state index contributed by atoms with van der Waals surface area (Å²) in [6.45, 7) is 4.30. The zero-order chi connectivity index (χ0) is 15.0. The Bertz CT molecular complexity index is 667. The fourth-order valence-electron chi connectivity index (χ4n) is 3.37. The van der Waals surface area contributed by atoms with Gasteiger partial charge in [-0.25, -0.2) is 9.78 Å². The molecule has 0 bridgehead atoms. The summed E-state index contributed by atoms with van der Waals surface area (Å²) in [5.74, 6) is 0.548. The van der Waals surface area contributed by atoms with Crippen LogP contribution in [0.15, 0.2) is 18.2 Å². The second-order valence-electron chi connectivity index (χ2n) is 6.30. The molecule has 0 saturated heterocycles. The van der Waals surface area contributed by atoms with Crippen LogP contribution in [0.3, 0.4) is 0 Å². The number of benzene rings is 1. The van der Waals surface area contributed by atoms with Gasteiger partial charge in [0.2, 0.25) is 0 Å². The lowest BCUT2D eigenvalue weighted by molar-refractivity contribution is 0.0697. The third-order valence-electron chi connectivity index (χ3n) is 4.42. The molecule has 0 amide bonds. The molecule has 0 aliphatic heterocycles. The van der Waals surface area contributed by atoms with Gasteiger partial charge in [0.15, 0.2) is 0 Å². The highest BCUT2D eigenvalue weighted by atomic mass is 16.4. The Balaban J connectivity index is 2.18. The van der Waals surface area contributed by atoms with Gasteiger partial charge in [-0.1, -0.05) is 33.1 Å². The molecular weight excluding hydrogens is 264 g/mol. The lowest BCUT2D eigenvalue weighted by Crippen LogP contribution is -2.16. The number of carboxylic acid groups (broad SMARTS) is 1. The molecule has 1 N–H and O–H groups in total. The highest BCUT2D eigenvalue weighted by molar-refractivity contribution is 5.92. The molecule has 1 aromatic heterocycles. The van der Waals surface area contributed by atoms with Crippen molar-refractivity contribution in [3.63, 3.8) is 0 Å². The van der Waals surface area contributed by atoms with E-state index in [1.54, 1.807) is 12.1 Å². The summed E-state index contributed by atoms with van der Waals surface area (Å²) in [6.07, 6.45) is 6.15. The predicted octanol–water partition coefficient (Wildman–Crippen LogP) is 4.36. The van der Waals surface area contributed by atoms with Crippen molar-refractivity contribution in [2.75, 3.05) is 0 Å². The van der Waals surface area contributed by atoms with Crippen LogP contribution in [0.2, 0.25) is 0 Å². The Hall–Kier alpha value is -1.84. The molecule has 1 fully saturated rings. The first kappa shape index (κ1) is 14.1. The largest absolute Gasteiger partial charge is 0.478 e. The van der Waals surface area contributed by atoms with Crippen molar-refractivity contribution >= 4 is 17.0 Å². The molecule has 1 saturated carbocycles. The van der Waals surface area contributed by atoms with Crippen LogP contribution >= 0.6 is 0 Å². The Labute approximate surface area is 124 Å². The lowest BCUT2D eigenvalue weighted by atomic mass is 9.94. The predicted molar refractivity (Wildman–Crippen MR) is 82.9 cm³/mol. The molecule has 1 aliphatic rings. The molecule has 3 rings (SSSR count). The summed E-state index contributed by atoms with van der Waals surface area (Å²) in [5, 5.41) is 9.23. The average molecular weight is 286 g/mol. The first-order valence-electron chi connectivity index (χ1n) is 7.83. The maximum atomic E-state index is 11.2. The second-order valence-corrected chi connectivity index (χ2v) is 6.30. The number of carbonyl (C=O) groups is 1. The third kappa shape index (κ3) is 2.55. The molecule has 0 spiro atoms. The minimum Gasteiger partial charge on any atom is -0.478 e. The van der Waals surface area contributed by atoms with E-state index in [0.717, 1.165) is 16.9 Å². The summed E-state index contributed by atoms with van der Waals surface area (Å²) in [7, 11) is 0. The number of carboxylic acids is 1. The van der Waals surface area contributed by atoms with Crippen molar-refractivity contribution in [3.05, 3.63) is 29.6 Å². The van der Waals surface area contributed by atoms with E-state index >= 15 is 0 Å². The number of rotatable bonds is 3. The van der Waals surface area contributed by atoms with Gasteiger partial charge in [-0.15, -0.1) is 0 Å². The van der Waals surface area contributed by atoms with Crippen LogP contribution in [0.4, 0.5) is 0 Å². The summed E-state index contributed by atoms with van der Waals surface area (Å²) >= 11 is 0. The Kier molecular flexibility index (Phi) is 3.70. The van der Waals surface area contributed by atoms with Gasteiger partial charge in [-0.3, -0.25) is 0 Å². The van der Waals surface area contributed by atoms with Gasteiger partial charge >= 0.3 is 5.97 Å². The van der Waals surface area contributed by atoms with Crippen LogP contribution in [0.5, 0.6) is 0 Å². The van der Waals surface area contributed by atoms with Gasteiger partial charge in [0.25, 0.3) is 0 Å². The number of nitrogens with zero attached hydrogens (tertiary/aromatic N) is 2.